The summed E-state index contributed by atoms with van der Waals surface area (Å²) in [5, 5.41) is 4.40. The molecule has 2 aromatic heterocycles. The minimum Gasteiger partial charge on any atom is -0.443 e. The molecule has 1 aliphatic rings. The number of hydrogen-bond acceptors (Lipinski definition) is 4. The highest BCUT2D eigenvalue weighted by molar-refractivity contribution is 5.77. The maximum atomic E-state index is 13.4. The molecule has 1 amide bonds. The average Bonchev–Trinajstić information content (AvgIpc) is 3.35. The predicted molar refractivity (Wildman–Crippen MR) is 106 cm³/mol. The zero-order valence-corrected chi connectivity index (χ0v) is 17.0. The molecule has 3 aromatic rings. The summed E-state index contributed by atoms with van der Waals surface area (Å²) >= 11 is 0. The van der Waals surface area contributed by atoms with Crippen molar-refractivity contribution in [3.05, 3.63) is 70.9 Å². The smallest absolute Gasteiger partial charge is 0.245 e. The second-order valence-electron chi connectivity index (χ2n) is 7.95. The molecule has 0 radical (unpaired) electrons. The molecule has 0 bridgehead atoms. The standard InChI is InChI=1S/C22H25FN4O2/c1-15-10-16(2)27(25-15)14-20(28)26-9-5-8-22(26,3)21-24-13-19(29-21)12-17-6-4-7-18(23)11-17/h4,6-7,10-11,13H,5,8-9,12,14H2,1-3H3/t22-/m1/s1. The van der Waals surface area contributed by atoms with Crippen LogP contribution in [0.5, 0.6) is 0 Å². The minimum atomic E-state index is -0.590. The minimum absolute atomic E-state index is 0.00100. The third-order valence-electron chi connectivity index (χ3n) is 5.61. The third kappa shape index (κ3) is 3.81. The van der Waals surface area contributed by atoms with Gasteiger partial charge in [0.05, 0.1) is 11.9 Å². The second kappa shape index (κ2) is 7.46. The molecule has 1 aromatic carbocycles. The second-order valence-corrected chi connectivity index (χ2v) is 7.95. The van der Waals surface area contributed by atoms with E-state index in [1.165, 1.54) is 12.1 Å². The van der Waals surface area contributed by atoms with Crippen molar-refractivity contribution in [2.24, 2.45) is 0 Å². The number of carbonyl (C=O) groups is 1. The first-order chi connectivity index (χ1) is 13.8. The maximum Gasteiger partial charge on any atom is 0.245 e. The van der Waals surface area contributed by atoms with Gasteiger partial charge in [0, 0.05) is 18.7 Å². The van der Waals surface area contributed by atoms with E-state index in [0.717, 1.165) is 29.8 Å². The molecule has 1 aliphatic heterocycles. The maximum absolute atomic E-state index is 13.4. The SMILES string of the molecule is Cc1cc(C)n(CC(=O)N2CCC[C@]2(C)c2ncc(Cc3cccc(F)c3)o2)n1. The van der Waals surface area contributed by atoms with Crippen LogP contribution in [0.15, 0.2) is 40.9 Å². The van der Waals surface area contributed by atoms with Crippen molar-refractivity contribution in [3.63, 3.8) is 0 Å². The van der Waals surface area contributed by atoms with Crippen molar-refractivity contribution in [1.82, 2.24) is 19.7 Å². The number of hydrogen-bond donors (Lipinski definition) is 0. The fourth-order valence-corrected chi connectivity index (χ4v) is 4.12. The molecule has 7 heteroatoms. The van der Waals surface area contributed by atoms with E-state index in [1.54, 1.807) is 16.9 Å². The van der Waals surface area contributed by atoms with Crippen LogP contribution in [0.4, 0.5) is 4.39 Å². The van der Waals surface area contributed by atoms with E-state index in [-0.39, 0.29) is 18.3 Å². The Morgan fingerprint density at radius 3 is 2.86 bits per heavy atom. The number of carbonyl (C=O) groups excluding carboxylic acids is 1. The normalized spacial score (nSPS) is 19.1. The van der Waals surface area contributed by atoms with Crippen molar-refractivity contribution in [2.45, 2.75) is 52.1 Å². The molecular formula is C22H25FN4O2. The monoisotopic (exact) mass is 396 g/mol. The van der Waals surface area contributed by atoms with Crippen molar-refractivity contribution < 1.29 is 13.6 Å². The van der Waals surface area contributed by atoms with Gasteiger partial charge >= 0.3 is 0 Å². The van der Waals surface area contributed by atoms with Crippen molar-refractivity contribution in [3.8, 4) is 0 Å². The summed E-state index contributed by atoms with van der Waals surface area (Å²) in [7, 11) is 0. The topological polar surface area (TPSA) is 64.2 Å². The van der Waals surface area contributed by atoms with Crippen LogP contribution in [0.25, 0.3) is 0 Å². The first-order valence-electron chi connectivity index (χ1n) is 9.86. The van der Waals surface area contributed by atoms with Gasteiger partial charge in [-0.2, -0.15) is 5.10 Å². The highest BCUT2D eigenvalue weighted by atomic mass is 19.1. The number of amides is 1. The van der Waals surface area contributed by atoms with Gasteiger partial charge in [-0.25, -0.2) is 9.37 Å². The number of oxazole rings is 1. The summed E-state index contributed by atoms with van der Waals surface area (Å²) < 4.78 is 21.2. The number of halogens is 1. The molecule has 0 spiro atoms. The molecule has 4 rings (SSSR count). The Kier molecular flexibility index (Phi) is 4.98. The van der Waals surface area contributed by atoms with Gasteiger partial charge in [-0.1, -0.05) is 12.1 Å². The van der Waals surface area contributed by atoms with E-state index in [1.807, 2.05) is 37.8 Å². The van der Waals surface area contributed by atoms with Crippen molar-refractivity contribution in [1.29, 1.82) is 0 Å². The Morgan fingerprint density at radius 2 is 2.14 bits per heavy atom. The quantitative estimate of drug-likeness (QED) is 0.659. The highest BCUT2D eigenvalue weighted by Gasteiger charge is 2.44. The Morgan fingerprint density at radius 1 is 1.31 bits per heavy atom. The fraction of sp³-hybridized carbons (Fsp3) is 0.409. The van der Waals surface area contributed by atoms with Crippen LogP contribution in [-0.4, -0.2) is 32.1 Å². The van der Waals surface area contributed by atoms with Gasteiger partial charge < -0.3 is 9.32 Å². The Hall–Kier alpha value is -2.96. The van der Waals surface area contributed by atoms with Gasteiger partial charge in [0.15, 0.2) is 0 Å². The lowest BCUT2D eigenvalue weighted by Crippen LogP contribution is -2.44. The van der Waals surface area contributed by atoms with Gasteiger partial charge in [-0.15, -0.1) is 0 Å². The molecule has 1 fully saturated rings. The Labute approximate surface area is 169 Å². The zero-order valence-electron chi connectivity index (χ0n) is 17.0. The molecular weight excluding hydrogens is 371 g/mol. The molecule has 0 N–H and O–H groups in total. The molecule has 0 aliphatic carbocycles. The number of likely N-dealkylation sites (tertiary alicyclic amines) is 1. The van der Waals surface area contributed by atoms with Crippen LogP contribution >= 0.6 is 0 Å². The summed E-state index contributed by atoms with van der Waals surface area (Å²) in [5.74, 6) is 0.916. The number of rotatable bonds is 5. The largest absolute Gasteiger partial charge is 0.443 e. The summed E-state index contributed by atoms with van der Waals surface area (Å²) in [6, 6.07) is 8.40. The van der Waals surface area contributed by atoms with Gasteiger partial charge in [-0.05, 0) is 57.4 Å². The number of aromatic nitrogens is 3. The molecule has 1 saturated heterocycles. The fourth-order valence-electron chi connectivity index (χ4n) is 4.12. The van der Waals surface area contributed by atoms with Crippen molar-refractivity contribution >= 4 is 5.91 Å². The first-order valence-corrected chi connectivity index (χ1v) is 9.86. The highest BCUT2D eigenvalue weighted by Crippen LogP contribution is 2.38. The van der Waals surface area contributed by atoms with Crippen LogP contribution < -0.4 is 0 Å². The first kappa shape index (κ1) is 19.4. The number of benzene rings is 1. The van der Waals surface area contributed by atoms with Crippen LogP contribution in [0.3, 0.4) is 0 Å². The van der Waals surface area contributed by atoms with Crippen LogP contribution in [0.1, 0.15) is 48.4 Å². The molecule has 0 saturated carbocycles. The molecule has 1 atom stereocenters. The predicted octanol–water partition coefficient (Wildman–Crippen LogP) is 3.76. The van der Waals surface area contributed by atoms with E-state index in [2.05, 4.69) is 10.1 Å². The lowest BCUT2D eigenvalue weighted by molar-refractivity contribution is -0.136. The van der Waals surface area contributed by atoms with Gasteiger partial charge in [0.2, 0.25) is 11.8 Å². The summed E-state index contributed by atoms with van der Waals surface area (Å²) in [5.41, 5.74) is 2.09. The van der Waals surface area contributed by atoms with E-state index in [4.69, 9.17) is 4.42 Å². The zero-order chi connectivity index (χ0) is 20.6. The van der Waals surface area contributed by atoms with Crippen molar-refractivity contribution in [2.75, 3.05) is 6.54 Å². The van der Waals surface area contributed by atoms with Crippen LogP contribution in [0.2, 0.25) is 0 Å². The van der Waals surface area contributed by atoms with E-state index < -0.39 is 5.54 Å². The van der Waals surface area contributed by atoms with E-state index >= 15 is 0 Å². The average molecular weight is 396 g/mol. The summed E-state index contributed by atoms with van der Waals surface area (Å²) in [6.07, 6.45) is 3.81. The Balaban J connectivity index is 1.53. The lowest BCUT2D eigenvalue weighted by Gasteiger charge is -2.32. The summed E-state index contributed by atoms with van der Waals surface area (Å²) in [6.45, 7) is 6.73. The van der Waals surface area contributed by atoms with E-state index in [9.17, 15) is 9.18 Å². The number of aryl methyl sites for hydroxylation is 2. The molecule has 29 heavy (non-hydrogen) atoms. The Bertz CT molecular complexity index is 1040. The lowest BCUT2D eigenvalue weighted by atomic mass is 9.99. The third-order valence-corrected chi connectivity index (χ3v) is 5.61. The molecule has 3 heterocycles. The van der Waals surface area contributed by atoms with E-state index in [0.29, 0.717) is 24.6 Å². The van der Waals surface area contributed by atoms with Gasteiger partial charge in [0.1, 0.15) is 23.7 Å². The molecule has 152 valence electrons. The molecule has 6 nitrogen and oxygen atoms in total. The number of nitrogens with zero attached hydrogens (tertiary/aromatic N) is 4. The van der Waals surface area contributed by atoms with Gasteiger partial charge in [0.25, 0.3) is 0 Å². The summed E-state index contributed by atoms with van der Waals surface area (Å²) in [4.78, 5) is 19.4. The van der Waals surface area contributed by atoms with Crippen LogP contribution in [-0.2, 0) is 23.3 Å². The van der Waals surface area contributed by atoms with Gasteiger partial charge in [-0.3, -0.25) is 9.48 Å². The van der Waals surface area contributed by atoms with Crippen LogP contribution in [0, 0.1) is 19.7 Å². The molecule has 0 unspecified atom stereocenters.